The van der Waals surface area contributed by atoms with Crippen molar-refractivity contribution in [3.8, 4) is 5.75 Å². The number of benzene rings is 2. The third-order valence-corrected chi connectivity index (χ3v) is 6.19. The van der Waals surface area contributed by atoms with Crippen LogP contribution in [-0.4, -0.2) is 33.7 Å². The molecule has 1 aliphatic heterocycles. The van der Waals surface area contributed by atoms with Crippen molar-refractivity contribution >= 4 is 27.3 Å². The fourth-order valence-electron chi connectivity index (χ4n) is 3.01. The molecular formula is C19H22N2O4S. The van der Waals surface area contributed by atoms with Gasteiger partial charge < -0.3 is 10.1 Å². The lowest BCUT2D eigenvalue weighted by Crippen LogP contribution is -2.38. The van der Waals surface area contributed by atoms with E-state index in [4.69, 9.17) is 4.74 Å². The van der Waals surface area contributed by atoms with Crippen LogP contribution < -0.4 is 14.4 Å². The lowest BCUT2D eigenvalue weighted by molar-refractivity contribution is 0.102. The highest BCUT2D eigenvalue weighted by molar-refractivity contribution is 7.92. The largest absolute Gasteiger partial charge is 0.494 e. The molecule has 0 unspecified atom stereocenters. The molecular weight excluding hydrogens is 352 g/mol. The minimum Gasteiger partial charge on any atom is -0.494 e. The van der Waals surface area contributed by atoms with Gasteiger partial charge >= 0.3 is 0 Å². The van der Waals surface area contributed by atoms with Gasteiger partial charge in [-0.25, -0.2) is 8.42 Å². The Morgan fingerprint density at radius 1 is 1.15 bits per heavy atom. The number of ether oxygens (including phenoxy) is 1. The minimum absolute atomic E-state index is 0.141. The summed E-state index contributed by atoms with van der Waals surface area (Å²) in [5.41, 5.74) is 2.61. The molecule has 3 rings (SSSR count). The number of nitrogens with zero attached hydrogens (tertiary/aromatic N) is 1. The second-order valence-corrected chi connectivity index (χ2v) is 8.32. The maximum atomic E-state index is 12.4. The summed E-state index contributed by atoms with van der Waals surface area (Å²) in [7, 11) is -1.84. The van der Waals surface area contributed by atoms with Crippen molar-refractivity contribution in [2.75, 3.05) is 29.0 Å². The molecule has 0 bridgehead atoms. The van der Waals surface area contributed by atoms with Crippen LogP contribution in [0.4, 0.5) is 11.4 Å². The van der Waals surface area contributed by atoms with Crippen molar-refractivity contribution < 1.29 is 17.9 Å². The van der Waals surface area contributed by atoms with Gasteiger partial charge in [0, 0.05) is 23.9 Å². The Balaban J connectivity index is 1.86. The second-order valence-electron chi connectivity index (χ2n) is 6.31. The molecule has 0 aliphatic carbocycles. The molecule has 1 N–H and O–H groups in total. The Morgan fingerprint density at radius 2 is 1.96 bits per heavy atom. The predicted octanol–water partition coefficient (Wildman–Crippen LogP) is 3.19. The molecule has 0 radical (unpaired) electrons. The van der Waals surface area contributed by atoms with Crippen molar-refractivity contribution in [2.45, 2.75) is 19.8 Å². The quantitative estimate of drug-likeness (QED) is 0.892. The van der Waals surface area contributed by atoms with E-state index in [9.17, 15) is 13.2 Å². The fourth-order valence-corrected chi connectivity index (χ4v) is 4.66. The van der Waals surface area contributed by atoms with Crippen molar-refractivity contribution in [1.82, 2.24) is 0 Å². The molecule has 1 saturated heterocycles. The summed E-state index contributed by atoms with van der Waals surface area (Å²) in [6, 6.07) is 12.3. The van der Waals surface area contributed by atoms with E-state index in [-0.39, 0.29) is 11.7 Å². The molecule has 2 aromatic rings. The maximum absolute atomic E-state index is 12.4. The van der Waals surface area contributed by atoms with Crippen molar-refractivity contribution in [3.05, 3.63) is 53.6 Å². The number of carbonyl (C=O) groups excluding carboxylic acids is 1. The first-order chi connectivity index (χ1) is 12.4. The zero-order chi connectivity index (χ0) is 18.7. The molecule has 2 aromatic carbocycles. The van der Waals surface area contributed by atoms with Crippen molar-refractivity contribution in [1.29, 1.82) is 0 Å². The molecule has 6 nitrogen and oxygen atoms in total. The molecule has 1 fully saturated rings. The summed E-state index contributed by atoms with van der Waals surface area (Å²) in [4.78, 5) is 12.4. The van der Waals surface area contributed by atoms with Gasteiger partial charge in [-0.3, -0.25) is 9.10 Å². The van der Waals surface area contributed by atoms with Crippen LogP contribution in [0, 0.1) is 6.92 Å². The van der Waals surface area contributed by atoms with Gasteiger partial charge in [0.2, 0.25) is 10.0 Å². The highest BCUT2D eigenvalue weighted by atomic mass is 32.2. The highest BCUT2D eigenvalue weighted by Crippen LogP contribution is 2.34. The SMILES string of the molecule is COc1cc(NC(=O)c2cccc(C)c2)ccc1N1CCCCS1(=O)=O. The van der Waals surface area contributed by atoms with Crippen LogP contribution in [0.2, 0.25) is 0 Å². The van der Waals surface area contributed by atoms with Gasteiger partial charge in [0.05, 0.1) is 18.6 Å². The molecule has 0 saturated carbocycles. The number of carbonyl (C=O) groups is 1. The number of amides is 1. The first kappa shape index (κ1) is 18.3. The zero-order valence-corrected chi connectivity index (χ0v) is 15.7. The summed E-state index contributed by atoms with van der Waals surface area (Å²) in [6.45, 7) is 2.36. The van der Waals surface area contributed by atoms with E-state index in [2.05, 4.69) is 5.32 Å². The molecule has 26 heavy (non-hydrogen) atoms. The number of rotatable bonds is 4. The number of hydrogen-bond donors (Lipinski definition) is 1. The Kier molecular flexibility index (Phi) is 5.18. The standard InChI is InChI=1S/C19H22N2O4S/c1-14-6-5-7-15(12-14)19(22)20-16-8-9-17(18(13-16)25-2)21-10-3-4-11-26(21,23)24/h5-9,12-13H,3-4,10-11H2,1-2H3,(H,20,22). The minimum atomic E-state index is -3.33. The van der Waals surface area contributed by atoms with Crippen LogP contribution in [0.15, 0.2) is 42.5 Å². The van der Waals surface area contributed by atoms with Gasteiger partial charge in [0.1, 0.15) is 5.75 Å². The van der Waals surface area contributed by atoms with E-state index in [1.54, 1.807) is 30.3 Å². The topological polar surface area (TPSA) is 75.7 Å². The van der Waals surface area contributed by atoms with E-state index >= 15 is 0 Å². The van der Waals surface area contributed by atoms with Gasteiger partial charge in [0.25, 0.3) is 5.91 Å². The smallest absolute Gasteiger partial charge is 0.255 e. The predicted molar refractivity (Wildman–Crippen MR) is 102 cm³/mol. The second kappa shape index (κ2) is 7.37. The third-order valence-electron chi connectivity index (χ3n) is 4.34. The van der Waals surface area contributed by atoms with E-state index < -0.39 is 10.0 Å². The van der Waals surface area contributed by atoms with Crippen LogP contribution >= 0.6 is 0 Å². The van der Waals surface area contributed by atoms with Crippen LogP contribution in [0.3, 0.4) is 0 Å². The Bertz CT molecular complexity index is 925. The van der Waals surface area contributed by atoms with Gasteiger partial charge in [0.15, 0.2) is 0 Å². The average molecular weight is 374 g/mol. The fraction of sp³-hybridized carbons (Fsp3) is 0.316. The molecule has 0 spiro atoms. The molecule has 7 heteroatoms. The van der Waals surface area contributed by atoms with Crippen molar-refractivity contribution in [3.63, 3.8) is 0 Å². The van der Waals surface area contributed by atoms with E-state index in [1.807, 2.05) is 19.1 Å². The number of hydrogen-bond acceptors (Lipinski definition) is 4. The highest BCUT2D eigenvalue weighted by Gasteiger charge is 2.28. The molecule has 1 aliphatic rings. The molecule has 1 heterocycles. The summed E-state index contributed by atoms with van der Waals surface area (Å²) >= 11 is 0. The van der Waals surface area contributed by atoms with Crippen molar-refractivity contribution in [2.24, 2.45) is 0 Å². The van der Waals surface area contributed by atoms with Gasteiger partial charge in [-0.15, -0.1) is 0 Å². The number of nitrogens with one attached hydrogen (secondary N) is 1. The zero-order valence-electron chi connectivity index (χ0n) is 14.9. The van der Waals surface area contributed by atoms with Crippen LogP contribution in [0.25, 0.3) is 0 Å². The molecule has 0 atom stereocenters. The number of methoxy groups -OCH3 is 1. The monoisotopic (exact) mass is 374 g/mol. The molecule has 138 valence electrons. The Labute approximate surface area is 153 Å². The summed E-state index contributed by atoms with van der Waals surface area (Å²) < 4.78 is 31.4. The first-order valence-electron chi connectivity index (χ1n) is 8.47. The van der Waals surface area contributed by atoms with E-state index in [0.717, 1.165) is 12.0 Å². The van der Waals surface area contributed by atoms with Crippen LogP contribution in [0.5, 0.6) is 5.75 Å². The van der Waals surface area contributed by atoms with E-state index in [1.165, 1.54) is 11.4 Å². The summed E-state index contributed by atoms with van der Waals surface area (Å²) in [5.74, 6) is 0.328. The lowest BCUT2D eigenvalue weighted by atomic mass is 10.1. The summed E-state index contributed by atoms with van der Waals surface area (Å²) in [5, 5.41) is 2.82. The number of sulfonamides is 1. The number of anilines is 2. The number of aryl methyl sites for hydroxylation is 1. The van der Waals surface area contributed by atoms with Crippen LogP contribution in [0.1, 0.15) is 28.8 Å². The lowest BCUT2D eigenvalue weighted by Gasteiger charge is -2.29. The average Bonchev–Trinajstić information content (AvgIpc) is 2.61. The molecule has 0 aromatic heterocycles. The third kappa shape index (κ3) is 3.83. The van der Waals surface area contributed by atoms with Gasteiger partial charge in [-0.2, -0.15) is 0 Å². The normalized spacial score (nSPS) is 16.2. The molecule has 1 amide bonds. The Morgan fingerprint density at radius 3 is 2.65 bits per heavy atom. The first-order valence-corrected chi connectivity index (χ1v) is 10.1. The van der Waals surface area contributed by atoms with Crippen LogP contribution in [-0.2, 0) is 10.0 Å². The van der Waals surface area contributed by atoms with Gasteiger partial charge in [-0.05, 0) is 44.0 Å². The van der Waals surface area contributed by atoms with Gasteiger partial charge in [-0.1, -0.05) is 17.7 Å². The maximum Gasteiger partial charge on any atom is 0.255 e. The van der Waals surface area contributed by atoms with E-state index in [0.29, 0.717) is 35.7 Å². The summed E-state index contributed by atoms with van der Waals surface area (Å²) in [6.07, 6.45) is 1.49. The Hall–Kier alpha value is -2.54.